The van der Waals surface area contributed by atoms with Gasteiger partial charge in [0.15, 0.2) is 5.76 Å². The summed E-state index contributed by atoms with van der Waals surface area (Å²) in [6, 6.07) is 3.92. The summed E-state index contributed by atoms with van der Waals surface area (Å²) in [7, 11) is -2.43. The van der Waals surface area contributed by atoms with E-state index >= 15 is 0 Å². The van der Waals surface area contributed by atoms with Crippen LogP contribution >= 0.6 is 7.14 Å². The first-order valence-electron chi connectivity index (χ1n) is 7.95. The van der Waals surface area contributed by atoms with Crippen molar-refractivity contribution in [2.45, 2.75) is 40.5 Å². The molecule has 120 valence electrons. The van der Waals surface area contributed by atoms with Crippen molar-refractivity contribution < 1.29 is 8.98 Å². The van der Waals surface area contributed by atoms with Gasteiger partial charge in [0.05, 0.1) is 11.6 Å². The fourth-order valence-corrected chi connectivity index (χ4v) is 4.72. The summed E-state index contributed by atoms with van der Waals surface area (Å²) in [4.78, 5) is 4.56. The Balaban J connectivity index is 2.66. The third kappa shape index (κ3) is 2.85. The Hall–Kier alpha value is -1.54. The molecule has 0 aliphatic rings. The van der Waals surface area contributed by atoms with Gasteiger partial charge in [0, 0.05) is 12.3 Å². The number of aromatic nitrogens is 1. The van der Waals surface area contributed by atoms with Crippen LogP contribution in [0.2, 0.25) is 0 Å². The Morgan fingerprint density at radius 1 is 1.14 bits per heavy atom. The number of nitrogen functional groups attached to an aromatic ring is 1. The van der Waals surface area contributed by atoms with Crippen molar-refractivity contribution in [2.75, 3.05) is 18.1 Å². The monoisotopic (exact) mass is 320 g/mol. The number of hydrogen-bond acceptors (Lipinski definition) is 4. The van der Waals surface area contributed by atoms with Gasteiger partial charge < -0.3 is 14.7 Å². The molecular weight excluding hydrogens is 295 g/mol. The summed E-state index contributed by atoms with van der Waals surface area (Å²) in [6.07, 6.45) is 4.53. The lowest BCUT2D eigenvalue weighted by atomic mass is 10.0. The molecule has 0 bridgehead atoms. The van der Waals surface area contributed by atoms with Gasteiger partial charge in [0.2, 0.25) is 0 Å². The molecule has 5 heteroatoms. The van der Waals surface area contributed by atoms with E-state index in [4.69, 9.17) is 10.2 Å². The fourth-order valence-electron chi connectivity index (χ4n) is 2.73. The number of rotatable bonds is 6. The van der Waals surface area contributed by atoms with Crippen LogP contribution in [-0.4, -0.2) is 17.3 Å². The van der Waals surface area contributed by atoms with Gasteiger partial charge in [-0.3, -0.25) is 0 Å². The molecule has 2 rings (SSSR count). The third-order valence-electron chi connectivity index (χ3n) is 4.30. The summed E-state index contributed by atoms with van der Waals surface area (Å²) in [5, 5.41) is 0.795. The van der Waals surface area contributed by atoms with Crippen LogP contribution in [0.25, 0.3) is 11.5 Å². The number of anilines is 1. The van der Waals surface area contributed by atoms with E-state index in [-0.39, 0.29) is 0 Å². The molecule has 0 saturated carbocycles. The average molecular weight is 320 g/mol. The minimum atomic E-state index is -2.43. The van der Waals surface area contributed by atoms with Crippen molar-refractivity contribution in [1.82, 2.24) is 4.98 Å². The zero-order valence-corrected chi connectivity index (χ0v) is 14.7. The van der Waals surface area contributed by atoms with Crippen LogP contribution < -0.4 is 11.0 Å². The lowest BCUT2D eigenvalue weighted by molar-refractivity contribution is 0.575. The molecule has 22 heavy (non-hydrogen) atoms. The van der Waals surface area contributed by atoms with Crippen LogP contribution in [0.3, 0.4) is 0 Å². The van der Waals surface area contributed by atoms with Crippen LogP contribution in [0.4, 0.5) is 5.82 Å². The minimum absolute atomic E-state index is 0.528. The molecule has 0 aliphatic heterocycles. The largest absolute Gasteiger partial charge is 0.462 e. The highest BCUT2D eigenvalue weighted by molar-refractivity contribution is 7.71. The molecular formula is C17H25N2O2P. The van der Waals surface area contributed by atoms with E-state index in [0.717, 1.165) is 35.0 Å². The second-order valence-corrected chi connectivity index (χ2v) is 8.93. The normalized spacial score (nSPS) is 11.8. The fraction of sp³-hybridized carbons (Fsp3) is 0.471. The molecule has 0 amide bonds. The SMILES string of the molecule is CCc1cc(CC)c(-c2occc2P(=O)(CC)CC)nc1N. The minimum Gasteiger partial charge on any atom is -0.462 e. The van der Waals surface area contributed by atoms with Crippen LogP contribution in [0.5, 0.6) is 0 Å². The molecule has 0 aliphatic carbocycles. The van der Waals surface area contributed by atoms with E-state index in [0.29, 0.717) is 23.9 Å². The molecule has 4 nitrogen and oxygen atoms in total. The molecule has 2 aromatic rings. The highest BCUT2D eigenvalue weighted by Gasteiger charge is 2.28. The first-order chi connectivity index (χ1) is 10.5. The van der Waals surface area contributed by atoms with Gasteiger partial charge in [0.1, 0.15) is 18.7 Å². The summed E-state index contributed by atoms with van der Waals surface area (Å²) < 4.78 is 18.8. The maximum absolute atomic E-state index is 13.1. The van der Waals surface area contributed by atoms with Gasteiger partial charge in [-0.1, -0.05) is 27.7 Å². The molecule has 0 spiro atoms. The molecule has 0 radical (unpaired) electrons. The van der Waals surface area contributed by atoms with Crippen molar-refractivity contribution in [3.63, 3.8) is 0 Å². The van der Waals surface area contributed by atoms with E-state index in [9.17, 15) is 4.57 Å². The molecule has 0 aromatic carbocycles. The molecule has 0 saturated heterocycles. The first kappa shape index (κ1) is 16.8. The average Bonchev–Trinajstić information content (AvgIpc) is 3.03. The van der Waals surface area contributed by atoms with Crippen molar-refractivity contribution in [1.29, 1.82) is 0 Å². The highest BCUT2D eigenvalue weighted by Crippen LogP contribution is 2.46. The molecule has 2 heterocycles. The molecule has 2 N–H and O–H groups in total. The van der Waals surface area contributed by atoms with E-state index in [1.807, 2.05) is 19.9 Å². The Bertz CT molecular complexity index is 699. The number of nitrogens with zero attached hydrogens (tertiary/aromatic N) is 1. The maximum Gasteiger partial charge on any atom is 0.163 e. The zero-order valence-electron chi connectivity index (χ0n) is 13.8. The predicted octanol–water partition coefficient (Wildman–Crippen LogP) is 4.08. The predicted molar refractivity (Wildman–Crippen MR) is 93.4 cm³/mol. The molecule has 0 atom stereocenters. The Morgan fingerprint density at radius 3 is 2.32 bits per heavy atom. The van der Waals surface area contributed by atoms with Gasteiger partial charge in [-0.2, -0.15) is 0 Å². The number of aryl methyl sites for hydroxylation is 2. The Morgan fingerprint density at radius 2 is 1.77 bits per heavy atom. The molecule has 0 unspecified atom stereocenters. The second-order valence-electron chi connectivity index (χ2n) is 5.40. The van der Waals surface area contributed by atoms with Gasteiger partial charge in [0.25, 0.3) is 0 Å². The number of hydrogen-bond donors (Lipinski definition) is 1. The quantitative estimate of drug-likeness (QED) is 0.814. The summed E-state index contributed by atoms with van der Waals surface area (Å²) in [5.74, 6) is 1.15. The zero-order chi connectivity index (χ0) is 16.3. The van der Waals surface area contributed by atoms with Crippen molar-refractivity contribution in [3.05, 3.63) is 29.5 Å². The number of pyridine rings is 1. The van der Waals surface area contributed by atoms with Gasteiger partial charge in [-0.15, -0.1) is 0 Å². The lowest BCUT2D eigenvalue weighted by Crippen LogP contribution is -2.11. The third-order valence-corrected chi connectivity index (χ3v) is 7.57. The Labute approximate surface area is 132 Å². The van der Waals surface area contributed by atoms with E-state index in [1.54, 1.807) is 6.26 Å². The second kappa shape index (κ2) is 6.70. The maximum atomic E-state index is 13.1. The van der Waals surface area contributed by atoms with Gasteiger partial charge >= 0.3 is 0 Å². The number of furan rings is 1. The Kier molecular flexibility index (Phi) is 5.12. The van der Waals surface area contributed by atoms with Crippen LogP contribution in [0, 0.1) is 0 Å². The number of nitrogens with two attached hydrogens (primary N) is 1. The van der Waals surface area contributed by atoms with Gasteiger partial charge in [-0.25, -0.2) is 4.98 Å². The van der Waals surface area contributed by atoms with Gasteiger partial charge in [-0.05, 0) is 36.1 Å². The van der Waals surface area contributed by atoms with Crippen molar-refractivity contribution >= 4 is 18.3 Å². The van der Waals surface area contributed by atoms with Crippen LogP contribution in [-0.2, 0) is 17.4 Å². The van der Waals surface area contributed by atoms with Crippen LogP contribution in [0.1, 0.15) is 38.8 Å². The summed E-state index contributed by atoms with van der Waals surface area (Å²) >= 11 is 0. The van der Waals surface area contributed by atoms with E-state index in [1.165, 1.54) is 0 Å². The standard InChI is InChI=1S/C17H25N2O2P/c1-5-12-11-13(6-2)17(18)19-15(12)16-14(9-10-21-16)22(20,7-3)8-4/h9-11H,5-8H2,1-4H3,(H2,18,19). The molecule has 2 aromatic heterocycles. The van der Waals surface area contributed by atoms with Crippen molar-refractivity contribution in [3.8, 4) is 11.5 Å². The van der Waals surface area contributed by atoms with Crippen molar-refractivity contribution in [2.24, 2.45) is 0 Å². The smallest absolute Gasteiger partial charge is 0.163 e. The molecule has 0 fully saturated rings. The van der Waals surface area contributed by atoms with E-state index in [2.05, 4.69) is 24.9 Å². The topological polar surface area (TPSA) is 69.1 Å². The van der Waals surface area contributed by atoms with E-state index < -0.39 is 7.14 Å². The summed E-state index contributed by atoms with van der Waals surface area (Å²) in [5.41, 5.74) is 8.93. The lowest BCUT2D eigenvalue weighted by Gasteiger charge is -2.16. The highest BCUT2D eigenvalue weighted by atomic mass is 31.2. The first-order valence-corrected chi connectivity index (χ1v) is 10.0. The summed E-state index contributed by atoms with van der Waals surface area (Å²) in [6.45, 7) is 8.07. The van der Waals surface area contributed by atoms with Crippen LogP contribution in [0.15, 0.2) is 22.8 Å².